The van der Waals surface area contributed by atoms with Crippen LogP contribution in [0.25, 0.3) is 0 Å². The van der Waals surface area contributed by atoms with E-state index in [4.69, 9.17) is 37.9 Å². The zero-order valence-electron chi connectivity index (χ0n) is 19.2. The average molecular weight is 460 g/mol. The Morgan fingerprint density at radius 2 is 1.58 bits per heavy atom. The van der Waals surface area contributed by atoms with E-state index in [1.807, 2.05) is 18.2 Å². The number of hydrogen-bond donors (Lipinski definition) is 0. The fraction of sp³-hybridized carbons (Fsp3) is 0.375. The van der Waals surface area contributed by atoms with Crippen LogP contribution in [-0.4, -0.2) is 54.3 Å². The van der Waals surface area contributed by atoms with Crippen molar-refractivity contribution in [2.24, 2.45) is 0 Å². The van der Waals surface area contributed by atoms with E-state index >= 15 is 0 Å². The Balaban J connectivity index is 1.89. The highest BCUT2D eigenvalue weighted by Crippen LogP contribution is 2.40. The molecule has 0 saturated carbocycles. The molecule has 1 aliphatic heterocycles. The first-order valence-electron chi connectivity index (χ1n) is 10.2. The van der Waals surface area contributed by atoms with Crippen LogP contribution in [-0.2, 0) is 20.6 Å². The van der Waals surface area contributed by atoms with Crippen LogP contribution in [0.2, 0.25) is 0 Å². The number of hydrogen-bond acceptors (Lipinski definition) is 9. The van der Waals surface area contributed by atoms with Gasteiger partial charge in [0.25, 0.3) is 0 Å². The van der Waals surface area contributed by atoms with E-state index in [-0.39, 0.29) is 44.3 Å². The fourth-order valence-electron chi connectivity index (χ4n) is 3.20. The average Bonchev–Trinajstić information content (AvgIpc) is 3.29. The van der Waals surface area contributed by atoms with Gasteiger partial charge in [-0.2, -0.15) is 0 Å². The van der Waals surface area contributed by atoms with Crippen molar-refractivity contribution in [3.05, 3.63) is 53.1 Å². The van der Waals surface area contributed by atoms with Crippen LogP contribution in [0.5, 0.6) is 28.7 Å². The van der Waals surface area contributed by atoms with Crippen LogP contribution >= 0.6 is 0 Å². The van der Waals surface area contributed by atoms with E-state index in [9.17, 15) is 4.79 Å². The first-order valence-corrected chi connectivity index (χ1v) is 10.2. The van der Waals surface area contributed by atoms with Crippen LogP contribution in [0.4, 0.5) is 0 Å². The molecule has 0 unspecified atom stereocenters. The predicted molar refractivity (Wildman–Crippen MR) is 118 cm³/mol. The summed E-state index contributed by atoms with van der Waals surface area (Å²) in [5.41, 5.74) is 1.84. The van der Waals surface area contributed by atoms with Gasteiger partial charge >= 0.3 is 0 Å². The van der Waals surface area contributed by atoms with Gasteiger partial charge in [-0.1, -0.05) is 12.1 Å². The molecule has 2 aromatic carbocycles. The SMILES string of the molecule is COCOc1cc(OCOC)c(C(=O)/C=C/Cc2ccc3c(c2)OCO3)c(OCOC)c1C. The van der Waals surface area contributed by atoms with Gasteiger partial charge in [-0.3, -0.25) is 4.79 Å². The first-order chi connectivity index (χ1) is 16.1. The van der Waals surface area contributed by atoms with Crippen molar-refractivity contribution in [3.8, 4) is 28.7 Å². The van der Waals surface area contributed by atoms with E-state index in [0.29, 0.717) is 35.0 Å². The topological polar surface area (TPSA) is 90.9 Å². The molecule has 0 aliphatic carbocycles. The van der Waals surface area contributed by atoms with Crippen molar-refractivity contribution in [1.29, 1.82) is 0 Å². The number of ether oxygens (including phenoxy) is 8. The molecule has 0 N–H and O–H groups in total. The smallest absolute Gasteiger partial charge is 0.231 e. The summed E-state index contributed by atoms with van der Waals surface area (Å²) in [4.78, 5) is 13.2. The largest absolute Gasteiger partial charge is 0.467 e. The second-order valence-corrected chi connectivity index (χ2v) is 7.01. The molecule has 0 bridgehead atoms. The molecule has 0 aromatic heterocycles. The number of fused-ring (bicyclic) bond motifs is 1. The summed E-state index contributed by atoms with van der Waals surface area (Å²) < 4.78 is 42.8. The zero-order valence-corrected chi connectivity index (χ0v) is 19.2. The van der Waals surface area contributed by atoms with Crippen LogP contribution in [0.3, 0.4) is 0 Å². The van der Waals surface area contributed by atoms with E-state index in [2.05, 4.69) is 0 Å². The second-order valence-electron chi connectivity index (χ2n) is 7.01. The number of methoxy groups -OCH3 is 3. The van der Waals surface area contributed by atoms with Gasteiger partial charge in [-0.15, -0.1) is 0 Å². The predicted octanol–water partition coefficient (Wildman–Crippen LogP) is 3.65. The quantitative estimate of drug-likeness (QED) is 0.252. The lowest BCUT2D eigenvalue weighted by Gasteiger charge is -2.19. The maximum absolute atomic E-state index is 13.2. The monoisotopic (exact) mass is 460 g/mol. The molecular formula is C24H28O9. The molecule has 0 saturated heterocycles. The van der Waals surface area contributed by atoms with Gasteiger partial charge in [-0.05, 0) is 37.1 Å². The fourth-order valence-corrected chi connectivity index (χ4v) is 3.20. The normalized spacial score (nSPS) is 12.2. The third-order valence-corrected chi connectivity index (χ3v) is 4.74. The van der Waals surface area contributed by atoms with E-state index in [1.165, 1.54) is 27.4 Å². The minimum Gasteiger partial charge on any atom is -0.467 e. The lowest BCUT2D eigenvalue weighted by Crippen LogP contribution is -2.12. The van der Waals surface area contributed by atoms with Crippen molar-refractivity contribution in [2.45, 2.75) is 13.3 Å². The van der Waals surface area contributed by atoms with Gasteiger partial charge in [0.15, 0.2) is 37.7 Å². The number of benzene rings is 2. The van der Waals surface area contributed by atoms with Gasteiger partial charge in [0.05, 0.1) is 0 Å². The van der Waals surface area contributed by atoms with Crippen molar-refractivity contribution in [2.75, 3.05) is 48.5 Å². The third kappa shape index (κ3) is 6.16. The van der Waals surface area contributed by atoms with Gasteiger partial charge in [0.1, 0.15) is 22.8 Å². The Morgan fingerprint density at radius 3 is 2.30 bits per heavy atom. The summed E-state index contributed by atoms with van der Waals surface area (Å²) in [7, 11) is 4.50. The molecular weight excluding hydrogens is 432 g/mol. The summed E-state index contributed by atoms with van der Waals surface area (Å²) in [6, 6.07) is 7.28. The third-order valence-electron chi connectivity index (χ3n) is 4.74. The Hall–Kier alpha value is -3.27. The lowest BCUT2D eigenvalue weighted by molar-refractivity contribution is 0.0393. The first kappa shape index (κ1) is 24.4. The Morgan fingerprint density at radius 1 is 0.909 bits per heavy atom. The maximum Gasteiger partial charge on any atom is 0.231 e. The Bertz CT molecular complexity index is 984. The van der Waals surface area contributed by atoms with Crippen molar-refractivity contribution >= 4 is 5.78 Å². The van der Waals surface area contributed by atoms with E-state index in [0.717, 1.165) is 5.56 Å². The van der Waals surface area contributed by atoms with Gasteiger partial charge in [-0.25, -0.2) is 0 Å². The van der Waals surface area contributed by atoms with Gasteiger partial charge in [0.2, 0.25) is 6.79 Å². The van der Waals surface area contributed by atoms with Crippen molar-refractivity contribution < 1.29 is 42.7 Å². The molecule has 33 heavy (non-hydrogen) atoms. The minimum absolute atomic E-state index is 0.0248. The molecule has 0 amide bonds. The number of carbonyl (C=O) groups is 1. The minimum atomic E-state index is -0.297. The summed E-state index contributed by atoms with van der Waals surface area (Å²) >= 11 is 0. The number of rotatable bonds is 13. The highest BCUT2D eigenvalue weighted by Gasteiger charge is 2.24. The second kappa shape index (κ2) is 12.1. The molecule has 0 radical (unpaired) electrons. The molecule has 3 rings (SSSR count). The van der Waals surface area contributed by atoms with Crippen LogP contribution in [0.15, 0.2) is 36.4 Å². The molecule has 178 valence electrons. The molecule has 9 nitrogen and oxygen atoms in total. The van der Waals surface area contributed by atoms with Crippen LogP contribution < -0.4 is 23.7 Å². The highest BCUT2D eigenvalue weighted by atomic mass is 16.7. The Labute approximate surface area is 192 Å². The summed E-state index contributed by atoms with van der Waals surface area (Å²) in [6.07, 6.45) is 3.78. The highest BCUT2D eigenvalue weighted by molar-refractivity contribution is 6.09. The molecule has 0 spiro atoms. The Kier molecular flexibility index (Phi) is 8.94. The summed E-state index contributed by atoms with van der Waals surface area (Å²) in [5.74, 6) is 2.13. The molecule has 9 heteroatoms. The lowest BCUT2D eigenvalue weighted by atomic mass is 10.0. The number of ketones is 1. The van der Waals surface area contributed by atoms with E-state index in [1.54, 1.807) is 19.1 Å². The van der Waals surface area contributed by atoms with Crippen molar-refractivity contribution in [1.82, 2.24) is 0 Å². The standard InChI is InChI=1S/C24H28O9/c1-16-20(29-12-26-2)11-22(30-13-27-3)23(24(16)33-14-28-4)18(25)7-5-6-17-8-9-19-21(10-17)32-15-31-19/h5,7-11H,6,12-15H2,1-4H3/b7-5+. The van der Waals surface area contributed by atoms with Crippen molar-refractivity contribution in [3.63, 3.8) is 0 Å². The van der Waals surface area contributed by atoms with E-state index < -0.39 is 0 Å². The molecule has 2 aromatic rings. The number of allylic oxidation sites excluding steroid dienone is 2. The molecule has 0 atom stereocenters. The summed E-state index contributed by atoms with van der Waals surface area (Å²) in [6.45, 7) is 1.91. The zero-order chi connectivity index (χ0) is 23.6. The number of carbonyl (C=O) groups excluding carboxylic acids is 1. The molecule has 1 heterocycles. The molecule has 0 fully saturated rings. The summed E-state index contributed by atoms with van der Waals surface area (Å²) in [5, 5.41) is 0. The maximum atomic E-state index is 13.2. The van der Waals surface area contributed by atoms with Gasteiger partial charge in [0, 0.05) is 33.0 Å². The molecule has 1 aliphatic rings. The van der Waals surface area contributed by atoms with Crippen LogP contribution in [0.1, 0.15) is 21.5 Å². The van der Waals surface area contributed by atoms with Gasteiger partial charge < -0.3 is 37.9 Å². The van der Waals surface area contributed by atoms with Crippen LogP contribution in [0, 0.1) is 6.92 Å².